The minimum atomic E-state index is -1.03. The van der Waals surface area contributed by atoms with Crippen LogP contribution >= 0.6 is 0 Å². The van der Waals surface area contributed by atoms with E-state index in [1.807, 2.05) is 0 Å². The van der Waals surface area contributed by atoms with Crippen LogP contribution in [-0.4, -0.2) is 48.1 Å². The van der Waals surface area contributed by atoms with Gasteiger partial charge in [0.2, 0.25) is 0 Å². The van der Waals surface area contributed by atoms with Crippen molar-refractivity contribution in [2.24, 2.45) is 0 Å². The molecule has 0 radical (unpaired) electrons. The van der Waals surface area contributed by atoms with Gasteiger partial charge in [-0.15, -0.1) is 0 Å². The van der Waals surface area contributed by atoms with Gasteiger partial charge in [0.05, 0.1) is 26.9 Å². The summed E-state index contributed by atoms with van der Waals surface area (Å²) < 4.78 is 16.7. The lowest BCUT2D eigenvalue weighted by Crippen LogP contribution is -2.15. The Balaban J connectivity index is 2.25. The van der Waals surface area contributed by atoms with Gasteiger partial charge in [0.25, 0.3) is 5.91 Å². The Morgan fingerprint density at radius 1 is 1.12 bits per heavy atom. The number of hydrogen-bond donors (Lipinski definition) is 2. The van der Waals surface area contributed by atoms with Crippen molar-refractivity contribution in [2.45, 2.75) is 6.54 Å². The van der Waals surface area contributed by atoms with E-state index in [4.69, 9.17) is 19.3 Å². The molecule has 0 spiro atoms. The summed E-state index contributed by atoms with van der Waals surface area (Å²) in [5.74, 6) is -0.185. The average Bonchev–Trinajstić information content (AvgIpc) is 2.99. The van der Waals surface area contributed by atoms with Gasteiger partial charge in [-0.3, -0.25) is 14.3 Å². The van der Waals surface area contributed by atoms with Crippen LogP contribution < -0.4 is 19.5 Å². The van der Waals surface area contributed by atoms with Crippen molar-refractivity contribution in [3.05, 3.63) is 30.0 Å². The summed E-state index contributed by atoms with van der Waals surface area (Å²) in [5.41, 5.74) is 0.225. The van der Waals surface area contributed by atoms with Crippen LogP contribution in [0, 0.1) is 0 Å². The maximum atomic E-state index is 12.4. The molecule has 0 unspecified atom stereocenters. The first-order valence-corrected chi connectivity index (χ1v) is 6.85. The molecule has 0 fully saturated rings. The summed E-state index contributed by atoms with van der Waals surface area (Å²) >= 11 is 0. The number of carboxylic acid groups (broad SMARTS) is 1. The molecule has 2 aromatic rings. The van der Waals surface area contributed by atoms with E-state index in [1.165, 1.54) is 50.4 Å². The summed E-state index contributed by atoms with van der Waals surface area (Å²) in [6.07, 6.45) is 1.45. The van der Waals surface area contributed by atoms with Gasteiger partial charge in [-0.25, -0.2) is 0 Å². The number of carboxylic acids is 1. The van der Waals surface area contributed by atoms with Crippen molar-refractivity contribution >= 4 is 17.7 Å². The number of ether oxygens (including phenoxy) is 3. The quantitative estimate of drug-likeness (QED) is 0.783. The zero-order chi connectivity index (χ0) is 17.7. The third-order valence-electron chi connectivity index (χ3n) is 3.13. The summed E-state index contributed by atoms with van der Waals surface area (Å²) in [4.78, 5) is 23.1. The zero-order valence-corrected chi connectivity index (χ0v) is 13.4. The number of anilines is 1. The number of amides is 1. The summed E-state index contributed by atoms with van der Waals surface area (Å²) in [6.45, 7) is -0.296. The molecule has 1 aromatic carbocycles. The minimum absolute atomic E-state index is 0.220. The first kappa shape index (κ1) is 17.1. The average molecular weight is 335 g/mol. The van der Waals surface area contributed by atoms with Crippen molar-refractivity contribution in [1.29, 1.82) is 0 Å². The lowest BCUT2D eigenvalue weighted by atomic mass is 10.1. The fourth-order valence-corrected chi connectivity index (χ4v) is 2.05. The molecule has 0 atom stereocenters. The highest BCUT2D eigenvalue weighted by molar-refractivity contribution is 6.06. The normalized spacial score (nSPS) is 10.1. The molecule has 0 saturated carbocycles. The van der Waals surface area contributed by atoms with Crippen LogP contribution in [0.3, 0.4) is 0 Å². The number of nitrogens with zero attached hydrogens (tertiary/aromatic N) is 2. The van der Waals surface area contributed by atoms with Gasteiger partial charge >= 0.3 is 5.97 Å². The number of benzene rings is 1. The maximum absolute atomic E-state index is 12.4. The number of hydrogen-bond acceptors (Lipinski definition) is 6. The fourth-order valence-electron chi connectivity index (χ4n) is 2.05. The van der Waals surface area contributed by atoms with Crippen molar-refractivity contribution in [2.75, 3.05) is 26.6 Å². The Kier molecular flexibility index (Phi) is 5.25. The predicted molar refractivity (Wildman–Crippen MR) is 83.9 cm³/mol. The van der Waals surface area contributed by atoms with Gasteiger partial charge in [0, 0.05) is 24.4 Å². The molecule has 1 aromatic heterocycles. The topological polar surface area (TPSA) is 112 Å². The Morgan fingerprint density at radius 3 is 2.33 bits per heavy atom. The Morgan fingerprint density at radius 2 is 1.75 bits per heavy atom. The molecular formula is C15H17N3O6. The molecule has 0 aliphatic heterocycles. The van der Waals surface area contributed by atoms with E-state index in [0.717, 1.165) is 0 Å². The summed E-state index contributed by atoms with van der Waals surface area (Å²) in [7, 11) is 4.37. The molecule has 9 heteroatoms. The Bertz CT molecular complexity index is 756. The van der Waals surface area contributed by atoms with E-state index in [-0.39, 0.29) is 17.9 Å². The lowest BCUT2D eigenvalue weighted by molar-refractivity contribution is -0.137. The molecule has 2 rings (SSSR count). The molecule has 1 amide bonds. The van der Waals surface area contributed by atoms with Crippen LogP contribution in [0.4, 0.5) is 5.82 Å². The molecule has 0 bridgehead atoms. The van der Waals surface area contributed by atoms with Gasteiger partial charge < -0.3 is 24.6 Å². The molecule has 9 nitrogen and oxygen atoms in total. The monoisotopic (exact) mass is 335 g/mol. The van der Waals surface area contributed by atoms with Crippen LogP contribution in [0.5, 0.6) is 17.2 Å². The van der Waals surface area contributed by atoms with Crippen molar-refractivity contribution < 1.29 is 28.9 Å². The molecule has 128 valence electrons. The van der Waals surface area contributed by atoms with Crippen LogP contribution in [0.25, 0.3) is 0 Å². The standard InChI is InChI=1S/C15H17N3O6/c1-22-10-7-12(24-3)11(23-2)6-9(10)15(21)16-13-4-5-18(17-13)8-14(19)20/h4-7H,8H2,1-3H3,(H,19,20)(H,16,17,21). The summed E-state index contributed by atoms with van der Waals surface area (Å²) in [5, 5.41) is 15.3. The van der Waals surface area contributed by atoms with Crippen molar-refractivity contribution in [3.63, 3.8) is 0 Å². The van der Waals surface area contributed by atoms with Gasteiger partial charge in [-0.1, -0.05) is 0 Å². The second-order valence-electron chi connectivity index (χ2n) is 4.65. The number of aromatic nitrogens is 2. The molecular weight excluding hydrogens is 318 g/mol. The molecule has 0 saturated heterocycles. The number of nitrogens with one attached hydrogen (secondary N) is 1. The first-order valence-electron chi connectivity index (χ1n) is 6.85. The second-order valence-corrected chi connectivity index (χ2v) is 4.65. The van der Waals surface area contributed by atoms with E-state index < -0.39 is 11.9 Å². The van der Waals surface area contributed by atoms with E-state index in [0.29, 0.717) is 17.2 Å². The molecule has 24 heavy (non-hydrogen) atoms. The number of carbonyl (C=O) groups is 2. The van der Waals surface area contributed by atoms with Crippen LogP contribution in [0.2, 0.25) is 0 Å². The third-order valence-corrected chi connectivity index (χ3v) is 3.13. The van der Waals surface area contributed by atoms with Crippen molar-refractivity contribution in [1.82, 2.24) is 9.78 Å². The first-order chi connectivity index (χ1) is 11.5. The van der Waals surface area contributed by atoms with E-state index in [2.05, 4.69) is 10.4 Å². The summed E-state index contributed by atoms with van der Waals surface area (Å²) in [6, 6.07) is 4.52. The molecule has 2 N–H and O–H groups in total. The van der Waals surface area contributed by atoms with Gasteiger partial charge in [0.15, 0.2) is 17.3 Å². The highest BCUT2D eigenvalue weighted by atomic mass is 16.5. The van der Waals surface area contributed by atoms with Gasteiger partial charge in [-0.05, 0) is 0 Å². The Labute approximate surface area is 137 Å². The highest BCUT2D eigenvalue weighted by Crippen LogP contribution is 2.34. The highest BCUT2D eigenvalue weighted by Gasteiger charge is 2.18. The lowest BCUT2D eigenvalue weighted by Gasteiger charge is -2.13. The number of aliphatic carboxylic acids is 1. The van der Waals surface area contributed by atoms with Crippen LogP contribution in [0.1, 0.15) is 10.4 Å². The van der Waals surface area contributed by atoms with E-state index >= 15 is 0 Å². The minimum Gasteiger partial charge on any atom is -0.496 e. The van der Waals surface area contributed by atoms with Gasteiger partial charge in [-0.2, -0.15) is 5.10 Å². The fraction of sp³-hybridized carbons (Fsp3) is 0.267. The second kappa shape index (κ2) is 7.36. The van der Waals surface area contributed by atoms with Gasteiger partial charge in [0.1, 0.15) is 12.3 Å². The number of rotatable bonds is 7. The molecule has 1 heterocycles. The number of methoxy groups -OCH3 is 3. The molecule has 0 aliphatic rings. The largest absolute Gasteiger partial charge is 0.496 e. The van der Waals surface area contributed by atoms with Crippen LogP contribution in [0.15, 0.2) is 24.4 Å². The molecule has 0 aliphatic carbocycles. The van der Waals surface area contributed by atoms with E-state index in [1.54, 1.807) is 0 Å². The van der Waals surface area contributed by atoms with Crippen molar-refractivity contribution in [3.8, 4) is 17.2 Å². The SMILES string of the molecule is COc1cc(OC)c(C(=O)Nc2ccn(CC(=O)O)n2)cc1OC. The predicted octanol–water partition coefficient (Wildman–Crippen LogP) is 1.25. The smallest absolute Gasteiger partial charge is 0.325 e. The number of carbonyl (C=O) groups excluding carboxylic acids is 1. The van der Waals surface area contributed by atoms with E-state index in [9.17, 15) is 9.59 Å². The zero-order valence-electron chi connectivity index (χ0n) is 13.4. The van der Waals surface area contributed by atoms with Crippen LogP contribution in [-0.2, 0) is 11.3 Å². The third kappa shape index (κ3) is 3.75. The Hall–Kier alpha value is -3.23. The maximum Gasteiger partial charge on any atom is 0.325 e.